The van der Waals surface area contributed by atoms with Gasteiger partial charge in [0.05, 0.1) is 7.11 Å². The van der Waals surface area contributed by atoms with E-state index in [2.05, 4.69) is 5.32 Å². The molecule has 5 nitrogen and oxygen atoms in total. The Hall–Kier alpha value is -2.96. The normalized spacial score (nSPS) is 10.4. The maximum atomic E-state index is 13.9. The molecule has 7 heteroatoms. The average Bonchev–Trinajstić information content (AvgIpc) is 2.64. The van der Waals surface area contributed by atoms with Crippen molar-refractivity contribution >= 4 is 17.5 Å². The molecule has 2 aromatic carbocycles. The first-order valence-electron chi connectivity index (χ1n) is 8.54. The second-order valence-electron chi connectivity index (χ2n) is 5.90. The molecule has 0 fully saturated rings. The third-order valence-electron chi connectivity index (χ3n) is 4.06. The molecular formula is C20H22F2N2O3. The van der Waals surface area contributed by atoms with Gasteiger partial charge in [0.15, 0.2) is 0 Å². The van der Waals surface area contributed by atoms with Crippen molar-refractivity contribution in [3.8, 4) is 5.75 Å². The maximum absolute atomic E-state index is 13.9. The van der Waals surface area contributed by atoms with Gasteiger partial charge >= 0.3 is 0 Å². The van der Waals surface area contributed by atoms with Crippen LogP contribution in [0.5, 0.6) is 5.75 Å². The summed E-state index contributed by atoms with van der Waals surface area (Å²) in [6, 6.07) is 10.8. The number of nitrogens with one attached hydrogen (secondary N) is 1. The molecule has 0 spiro atoms. The Morgan fingerprint density at radius 2 is 1.74 bits per heavy atom. The van der Waals surface area contributed by atoms with Crippen LogP contribution in [0.15, 0.2) is 42.5 Å². The molecule has 0 aromatic heterocycles. The Bertz CT molecular complexity index is 791. The first-order chi connectivity index (χ1) is 12.9. The molecule has 0 heterocycles. The number of nitrogens with zero attached hydrogens (tertiary/aromatic N) is 1. The molecule has 0 aliphatic carbocycles. The van der Waals surface area contributed by atoms with E-state index in [9.17, 15) is 18.4 Å². The van der Waals surface area contributed by atoms with Crippen LogP contribution in [-0.4, -0.2) is 32.0 Å². The minimum atomic E-state index is -0.846. The molecule has 0 aliphatic rings. The third-order valence-corrected chi connectivity index (χ3v) is 4.06. The predicted octanol–water partition coefficient (Wildman–Crippen LogP) is 3.08. The fraction of sp³-hybridized carbons (Fsp3) is 0.300. The number of amides is 2. The van der Waals surface area contributed by atoms with E-state index in [0.717, 1.165) is 28.3 Å². The zero-order valence-electron chi connectivity index (χ0n) is 15.3. The van der Waals surface area contributed by atoms with Crippen LogP contribution in [0.1, 0.15) is 18.9 Å². The van der Waals surface area contributed by atoms with Gasteiger partial charge in [0.2, 0.25) is 11.8 Å². The van der Waals surface area contributed by atoms with Crippen LogP contribution in [0.25, 0.3) is 0 Å². The molecule has 0 bridgehead atoms. The molecule has 27 heavy (non-hydrogen) atoms. The molecule has 1 N–H and O–H groups in total. The Morgan fingerprint density at radius 1 is 1.07 bits per heavy atom. The summed E-state index contributed by atoms with van der Waals surface area (Å²) in [4.78, 5) is 24.8. The Morgan fingerprint density at radius 3 is 2.37 bits per heavy atom. The summed E-state index contributed by atoms with van der Waals surface area (Å²) in [6.45, 7) is 1.46. The number of hydrogen-bond donors (Lipinski definition) is 1. The second-order valence-corrected chi connectivity index (χ2v) is 5.90. The van der Waals surface area contributed by atoms with Crippen LogP contribution < -0.4 is 15.0 Å². The lowest BCUT2D eigenvalue weighted by Crippen LogP contribution is -2.35. The number of para-hydroxylation sites is 2. The molecule has 0 saturated carbocycles. The Labute approximate surface area is 156 Å². The van der Waals surface area contributed by atoms with Crippen LogP contribution in [-0.2, 0) is 16.0 Å². The fourth-order valence-corrected chi connectivity index (χ4v) is 2.72. The lowest BCUT2D eigenvalue weighted by atomic mass is 10.1. The van der Waals surface area contributed by atoms with E-state index < -0.39 is 23.2 Å². The smallest absolute Gasteiger partial charge is 0.224 e. The van der Waals surface area contributed by atoms with Crippen LogP contribution in [0.3, 0.4) is 0 Å². The molecule has 0 aliphatic heterocycles. The van der Waals surface area contributed by atoms with E-state index in [1.165, 1.54) is 13.0 Å². The van der Waals surface area contributed by atoms with E-state index in [0.29, 0.717) is 13.0 Å². The van der Waals surface area contributed by atoms with Gasteiger partial charge in [-0.1, -0.05) is 24.3 Å². The highest BCUT2D eigenvalue weighted by Gasteiger charge is 2.20. The number of anilines is 1. The van der Waals surface area contributed by atoms with Crippen molar-refractivity contribution in [1.29, 1.82) is 0 Å². The topological polar surface area (TPSA) is 58.6 Å². The van der Waals surface area contributed by atoms with E-state index in [4.69, 9.17) is 4.74 Å². The van der Waals surface area contributed by atoms with Crippen molar-refractivity contribution in [3.63, 3.8) is 0 Å². The highest BCUT2D eigenvalue weighted by atomic mass is 19.1. The summed E-state index contributed by atoms with van der Waals surface area (Å²) < 4.78 is 33.1. The van der Waals surface area contributed by atoms with Crippen LogP contribution in [0, 0.1) is 11.6 Å². The first kappa shape index (κ1) is 20.4. The van der Waals surface area contributed by atoms with Crippen LogP contribution in [0.2, 0.25) is 0 Å². The number of carbonyl (C=O) groups excluding carboxylic acids is 2. The third kappa shape index (κ3) is 5.51. The number of hydrogen-bond acceptors (Lipinski definition) is 3. The molecule has 0 saturated heterocycles. The number of rotatable bonds is 8. The summed E-state index contributed by atoms with van der Waals surface area (Å²) in [5, 5.41) is 2.74. The van der Waals surface area contributed by atoms with Crippen molar-refractivity contribution in [3.05, 3.63) is 59.7 Å². The summed E-state index contributed by atoms with van der Waals surface area (Å²) >= 11 is 0. The monoisotopic (exact) mass is 376 g/mol. The number of ether oxygens (including phenoxy) is 1. The molecule has 2 amide bonds. The quantitative estimate of drug-likeness (QED) is 0.770. The van der Waals surface area contributed by atoms with Gasteiger partial charge in [0.25, 0.3) is 0 Å². The minimum absolute atomic E-state index is 0.0702. The number of benzene rings is 2. The lowest BCUT2D eigenvalue weighted by Gasteiger charge is -2.22. The van der Waals surface area contributed by atoms with Crippen LogP contribution >= 0.6 is 0 Å². The zero-order valence-corrected chi connectivity index (χ0v) is 15.3. The van der Waals surface area contributed by atoms with Gasteiger partial charge in [-0.15, -0.1) is 0 Å². The van der Waals surface area contributed by atoms with Gasteiger partial charge in [-0.05, 0) is 30.2 Å². The van der Waals surface area contributed by atoms with Gasteiger partial charge in [-0.2, -0.15) is 0 Å². The average molecular weight is 376 g/mol. The number of halogens is 2. The highest BCUT2D eigenvalue weighted by Crippen LogP contribution is 2.23. The largest absolute Gasteiger partial charge is 0.496 e. The standard InChI is InChI=1S/C20H22F2N2O3/c1-14(25)24(20-16(21)7-5-8-17(20)22)13-11-19(26)23-12-10-15-6-3-4-9-18(15)27-2/h3-9H,10-13H2,1-2H3,(H,23,26). The van der Waals surface area contributed by atoms with E-state index in [1.807, 2.05) is 24.3 Å². The van der Waals surface area contributed by atoms with Crippen molar-refractivity contribution in [2.24, 2.45) is 0 Å². The molecule has 2 aromatic rings. The molecule has 144 valence electrons. The van der Waals surface area contributed by atoms with Gasteiger partial charge < -0.3 is 15.0 Å². The van der Waals surface area contributed by atoms with Gasteiger partial charge in [-0.3, -0.25) is 9.59 Å². The maximum Gasteiger partial charge on any atom is 0.224 e. The Balaban J connectivity index is 1.90. The molecule has 0 atom stereocenters. The van der Waals surface area contributed by atoms with Crippen molar-refractivity contribution in [2.75, 3.05) is 25.1 Å². The molecular weight excluding hydrogens is 354 g/mol. The molecule has 0 radical (unpaired) electrons. The summed E-state index contributed by atoms with van der Waals surface area (Å²) in [6.07, 6.45) is 0.507. The van der Waals surface area contributed by atoms with Crippen molar-refractivity contribution < 1.29 is 23.1 Å². The zero-order chi connectivity index (χ0) is 19.8. The minimum Gasteiger partial charge on any atom is -0.496 e. The second kappa shape index (κ2) is 9.66. The Kier molecular flexibility index (Phi) is 7.28. The van der Waals surface area contributed by atoms with E-state index >= 15 is 0 Å². The van der Waals surface area contributed by atoms with Crippen molar-refractivity contribution in [2.45, 2.75) is 19.8 Å². The van der Waals surface area contributed by atoms with Crippen molar-refractivity contribution in [1.82, 2.24) is 5.32 Å². The SMILES string of the molecule is COc1ccccc1CCNC(=O)CCN(C(C)=O)c1c(F)cccc1F. The lowest BCUT2D eigenvalue weighted by molar-refractivity contribution is -0.121. The van der Waals surface area contributed by atoms with Gasteiger partial charge in [-0.25, -0.2) is 8.78 Å². The predicted molar refractivity (Wildman–Crippen MR) is 98.7 cm³/mol. The fourth-order valence-electron chi connectivity index (χ4n) is 2.72. The summed E-state index contributed by atoms with van der Waals surface area (Å²) in [5.41, 5.74) is 0.519. The summed E-state index contributed by atoms with van der Waals surface area (Å²) in [7, 11) is 1.58. The number of methoxy groups -OCH3 is 1. The molecule has 2 rings (SSSR count). The molecule has 0 unspecified atom stereocenters. The van der Waals surface area contributed by atoms with E-state index in [-0.39, 0.29) is 18.9 Å². The van der Waals surface area contributed by atoms with Gasteiger partial charge in [0.1, 0.15) is 23.1 Å². The summed E-state index contributed by atoms with van der Waals surface area (Å²) in [5.74, 6) is -1.80. The van der Waals surface area contributed by atoms with Gasteiger partial charge in [0, 0.05) is 26.4 Å². The number of carbonyl (C=O) groups is 2. The first-order valence-corrected chi connectivity index (χ1v) is 8.54. The van der Waals surface area contributed by atoms with Crippen LogP contribution in [0.4, 0.5) is 14.5 Å². The van der Waals surface area contributed by atoms with E-state index in [1.54, 1.807) is 7.11 Å². The highest BCUT2D eigenvalue weighted by molar-refractivity contribution is 5.92.